The number of rotatable bonds is 1. The minimum atomic E-state index is -0.873. The maximum absolute atomic E-state index is 9.63. The minimum Gasteiger partial charge on any atom is -0.389 e. The van der Waals surface area contributed by atoms with E-state index >= 15 is 0 Å². The van der Waals surface area contributed by atoms with Crippen molar-refractivity contribution in [2.45, 2.75) is 39.7 Å². The second-order valence-corrected chi connectivity index (χ2v) is 3.86. The molecule has 0 aromatic rings. The standard InChI is InChI=1S/C8H15NO/c1-7(2,3)8(4,10)5-6-9/h10H,5H2,1-4H3/t8-/m1/s1. The summed E-state index contributed by atoms with van der Waals surface area (Å²) in [4.78, 5) is 0. The highest BCUT2D eigenvalue weighted by molar-refractivity contribution is 4.93. The molecule has 0 saturated carbocycles. The summed E-state index contributed by atoms with van der Waals surface area (Å²) in [7, 11) is 0. The molecule has 0 saturated heterocycles. The molecule has 0 aliphatic rings. The summed E-state index contributed by atoms with van der Waals surface area (Å²) < 4.78 is 0. The van der Waals surface area contributed by atoms with Crippen LogP contribution in [0.2, 0.25) is 0 Å². The van der Waals surface area contributed by atoms with E-state index in [2.05, 4.69) is 0 Å². The third-order valence-corrected chi connectivity index (χ3v) is 2.04. The maximum atomic E-state index is 9.63. The fraction of sp³-hybridized carbons (Fsp3) is 0.875. The zero-order valence-electron chi connectivity index (χ0n) is 7.10. The molecular formula is C8H15NO. The van der Waals surface area contributed by atoms with Gasteiger partial charge in [-0.05, 0) is 12.3 Å². The maximum Gasteiger partial charge on any atom is 0.0797 e. The lowest BCUT2D eigenvalue weighted by molar-refractivity contribution is -0.0368. The zero-order valence-corrected chi connectivity index (χ0v) is 7.10. The van der Waals surface area contributed by atoms with E-state index < -0.39 is 5.60 Å². The van der Waals surface area contributed by atoms with Gasteiger partial charge in [0.05, 0.1) is 18.1 Å². The lowest BCUT2D eigenvalue weighted by atomic mass is 9.76. The highest BCUT2D eigenvalue weighted by atomic mass is 16.3. The van der Waals surface area contributed by atoms with E-state index in [4.69, 9.17) is 5.26 Å². The van der Waals surface area contributed by atoms with Crippen molar-refractivity contribution in [2.24, 2.45) is 5.41 Å². The Morgan fingerprint density at radius 3 is 1.80 bits per heavy atom. The van der Waals surface area contributed by atoms with Gasteiger partial charge in [-0.2, -0.15) is 5.26 Å². The van der Waals surface area contributed by atoms with E-state index in [1.54, 1.807) is 6.92 Å². The Morgan fingerprint density at radius 2 is 1.70 bits per heavy atom. The van der Waals surface area contributed by atoms with Gasteiger partial charge in [-0.1, -0.05) is 20.8 Å². The molecule has 2 nitrogen and oxygen atoms in total. The fourth-order valence-electron chi connectivity index (χ4n) is 0.419. The van der Waals surface area contributed by atoms with Crippen molar-refractivity contribution in [2.75, 3.05) is 0 Å². The number of nitriles is 1. The number of aliphatic hydroxyl groups is 1. The molecule has 0 fully saturated rings. The largest absolute Gasteiger partial charge is 0.389 e. The molecule has 0 rings (SSSR count). The Labute approximate surface area is 62.5 Å². The second kappa shape index (κ2) is 2.59. The van der Waals surface area contributed by atoms with Crippen LogP contribution in [0.5, 0.6) is 0 Å². The Hall–Kier alpha value is -0.550. The van der Waals surface area contributed by atoms with Crippen molar-refractivity contribution in [3.05, 3.63) is 0 Å². The first-order valence-corrected chi connectivity index (χ1v) is 3.40. The molecule has 1 N–H and O–H groups in total. The molecule has 1 atom stereocenters. The molecule has 0 unspecified atom stereocenters. The van der Waals surface area contributed by atoms with E-state index in [1.807, 2.05) is 26.8 Å². The van der Waals surface area contributed by atoms with Gasteiger partial charge >= 0.3 is 0 Å². The Bertz CT molecular complexity index is 148. The normalized spacial score (nSPS) is 17.6. The van der Waals surface area contributed by atoms with Crippen molar-refractivity contribution < 1.29 is 5.11 Å². The average molecular weight is 141 g/mol. The van der Waals surface area contributed by atoms with E-state index in [0.29, 0.717) is 0 Å². The predicted octanol–water partition coefficient (Wildman–Crippen LogP) is 1.70. The summed E-state index contributed by atoms with van der Waals surface area (Å²) in [5.41, 5.74) is -1.09. The Morgan fingerprint density at radius 1 is 1.30 bits per heavy atom. The first kappa shape index (κ1) is 9.45. The Balaban J connectivity index is 4.28. The third-order valence-electron chi connectivity index (χ3n) is 2.04. The van der Waals surface area contributed by atoms with E-state index in [0.717, 1.165) is 0 Å². The molecule has 0 aromatic carbocycles. The molecule has 0 heterocycles. The molecule has 0 aromatic heterocycles. The summed E-state index contributed by atoms with van der Waals surface area (Å²) in [6.45, 7) is 7.45. The lowest BCUT2D eigenvalue weighted by Gasteiger charge is -2.34. The number of hydrogen-bond acceptors (Lipinski definition) is 2. The highest BCUT2D eigenvalue weighted by Crippen LogP contribution is 2.31. The molecule has 0 aliphatic carbocycles. The van der Waals surface area contributed by atoms with Crippen LogP contribution in [0.3, 0.4) is 0 Å². The van der Waals surface area contributed by atoms with Crippen LogP contribution in [-0.4, -0.2) is 10.7 Å². The van der Waals surface area contributed by atoms with Crippen molar-refractivity contribution in [1.82, 2.24) is 0 Å². The fourth-order valence-corrected chi connectivity index (χ4v) is 0.419. The van der Waals surface area contributed by atoms with Gasteiger partial charge in [0.1, 0.15) is 0 Å². The first-order chi connectivity index (χ1) is 4.31. The molecule has 0 aliphatic heterocycles. The van der Waals surface area contributed by atoms with Gasteiger partial charge in [0, 0.05) is 0 Å². The topological polar surface area (TPSA) is 44.0 Å². The average Bonchev–Trinajstić information content (AvgIpc) is 1.61. The van der Waals surface area contributed by atoms with Gasteiger partial charge in [-0.25, -0.2) is 0 Å². The SMILES string of the molecule is CC(C)(C)[C@](C)(O)CC#N. The first-order valence-electron chi connectivity index (χ1n) is 3.40. The smallest absolute Gasteiger partial charge is 0.0797 e. The molecule has 0 spiro atoms. The minimum absolute atomic E-state index is 0.191. The van der Waals surface area contributed by atoms with Crippen LogP contribution >= 0.6 is 0 Å². The van der Waals surface area contributed by atoms with Crippen LogP contribution in [0, 0.1) is 16.7 Å². The summed E-state index contributed by atoms with van der Waals surface area (Å²) >= 11 is 0. The van der Waals surface area contributed by atoms with E-state index in [-0.39, 0.29) is 11.8 Å². The molecular weight excluding hydrogens is 126 g/mol. The zero-order chi connectivity index (χ0) is 8.41. The number of hydrogen-bond donors (Lipinski definition) is 1. The van der Waals surface area contributed by atoms with Crippen molar-refractivity contribution >= 4 is 0 Å². The number of nitrogens with zero attached hydrogens (tertiary/aromatic N) is 1. The Kier molecular flexibility index (Phi) is 2.45. The van der Waals surface area contributed by atoms with Crippen LogP contribution in [0.25, 0.3) is 0 Å². The third kappa shape index (κ3) is 2.00. The summed E-state index contributed by atoms with van der Waals surface area (Å²) in [6, 6.07) is 1.96. The van der Waals surface area contributed by atoms with Gasteiger partial charge in [0.2, 0.25) is 0 Å². The van der Waals surface area contributed by atoms with E-state index in [9.17, 15) is 5.11 Å². The molecule has 10 heavy (non-hydrogen) atoms. The van der Waals surface area contributed by atoms with Gasteiger partial charge in [-0.15, -0.1) is 0 Å². The second-order valence-electron chi connectivity index (χ2n) is 3.86. The van der Waals surface area contributed by atoms with Crippen LogP contribution in [0.1, 0.15) is 34.1 Å². The van der Waals surface area contributed by atoms with Gasteiger partial charge in [-0.3, -0.25) is 0 Å². The van der Waals surface area contributed by atoms with Crippen molar-refractivity contribution in [3.63, 3.8) is 0 Å². The van der Waals surface area contributed by atoms with Crippen molar-refractivity contribution in [1.29, 1.82) is 5.26 Å². The van der Waals surface area contributed by atoms with Crippen molar-refractivity contribution in [3.8, 4) is 6.07 Å². The summed E-state index contributed by atoms with van der Waals surface area (Å²) in [5.74, 6) is 0. The highest BCUT2D eigenvalue weighted by Gasteiger charge is 2.34. The molecule has 2 heteroatoms. The van der Waals surface area contributed by atoms with Crippen LogP contribution in [0.15, 0.2) is 0 Å². The molecule has 58 valence electrons. The van der Waals surface area contributed by atoms with Crippen LogP contribution in [0.4, 0.5) is 0 Å². The van der Waals surface area contributed by atoms with Gasteiger partial charge in [0.25, 0.3) is 0 Å². The molecule has 0 radical (unpaired) electrons. The predicted molar refractivity (Wildman–Crippen MR) is 40.3 cm³/mol. The van der Waals surface area contributed by atoms with Gasteiger partial charge < -0.3 is 5.11 Å². The molecule has 0 bridgehead atoms. The quantitative estimate of drug-likeness (QED) is 0.604. The van der Waals surface area contributed by atoms with Crippen LogP contribution < -0.4 is 0 Å². The molecule has 0 amide bonds. The lowest BCUT2D eigenvalue weighted by Crippen LogP contribution is -2.39. The monoisotopic (exact) mass is 141 g/mol. The van der Waals surface area contributed by atoms with Gasteiger partial charge in [0.15, 0.2) is 0 Å². The van der Waals surface area contributed by atoms with Crippen LogP contribution in [-0.2, 0) is 0 Å². The van der Waals surface area contributed by atoms with E-state index in [1.165, 1.54) is 0 Å². The summed E-state index contributed by atoms with van der Waals surface area (Å²) in [6.07, 6.45) is 0.191. The summed E-state index contributed by atoms with van der Waals surface area (Å²) in [5, 5.41) is 18.0.